The van der Waals surface area contributed by atoms with E-state index >= 15 is 0 Å². The van der Waals surface area contributed by atoms with Gasteiger partial charge in [-0.25, -0.2) is 4.98 Å². The van der Waals surface area contributed by atoms with Crippen LogP contribution in [0.3, 0.4) is 0 Å². The first-order valence-corrected chi connectivity index (χ1v) is 8.78. The standard InChI is InChI=1S/C20H21N5/c1-12-5-3-8-15(9-12)16-10-17-19(24-16)20(25-18(11-21)23-17)22-13(2)14-6-4-7-14/h3,5,8-10,13-14,24H,4,6-7H2,1-2H3,(H,22,23,25). The van der Waals surface area contributed by atoms with Crippen LogP contribution < -0.4 is 5.32 Å². The van der Waals surface area contributed by atoms with Gasteiger partial charge in [-0.1, -0.05) is 30.2 Å². The molecule has 2 N–H and O–H groups in total. The largest absolute Gasteiger partial charge is 0.365 e. The summed E-state index contributed by atoms with van der Waals surface area (Å²) in [5.41, 5.74) is 4.93. The zero-order valence-electron chi connectivity index (χ0n) is 14.5. The molecule has 3 aromatic rings. The van der Waals surface area contributed by atoms with E-state index in [-0.39, 0.29) is 5.82 Å². The quantitative estimate of drug-likeness (QED) is 0.742. The molecular weight excluding hydrogens is 310 g/mol. The van der Waals surface area contributed by atoms with Crippen molar-refractivity contribution < 1.29 is 0 Å². The molecule has 0 spiro atoms. The molecule has 1 saturated carbocycles. The molecule has 1 aliphatic rings. The SMILES string of the molecule is Cc1cccc(-c2cc3nc(C#N)nc(NC(C)C4CCC4)c3[nH]2)c1. The van der Waals surface area contributed by atoms with Gasteiger partial charge in [-0.05, 0) is 50.3 Å². The van der Waals surface area contributed by atoms with Gasteiger partial charge in [0.1, 0.15) is 11.6 Å². The zero-order chi connectivity index (χ0) is 17.4. The fourth-order valence-corrected chi connectivity index (χ4v) is 3.41. The number of rotatable bonds is 4. The molecular formula is C20H21N5. The van der Waals surface area contributed by atoms with E-state index in [1.807, 2.05) is 12.1 Å². The summed E-state index contributed by atoms with van der Waals surface area (Å²) in [6.45, 7) is 4.27. The van der Waals surface area contributed by atoms with Gasteiger partial charge in [-0.2, -0.15) is 10.2 Å². The van der Waals surface area contributed by atoms with E-state index in [1.54, 1.807) is 0 Å². The van der Waals surface area contributed by atoms with Crippen molar-refractivity contribution in [2.24, 2.45) is 5.92 Å². The van der Waals surface area contributed by atoms with Gasteiger partial charge in [0.25, 0.3) is 0 Å². The molecule has 2 heterocycles. The highest BCUT2D eigenvalue weighted by molar-refractivity contribution is 5.90. The van der Waals surface area contributed by atoms with Crippen molar-refractivity contribution in [2.75, 3.05) is 5.32 Å². The van der Waals surface area contributed by atoms with Gasteiger partial charge in [0.2, 0.25) is 5.82 Å². The lowest BCUT2D eigenvalue weighted by atomic mass is 9.80. The van der Waals surface area contributed by atoms with Crippen molar-refractivity contribution in [3.8, 4) is 17.3 Å². The third-order valence-electron chi connectivity index (χ3n) is 5.13. The number of hydrogen-bond donors (Lipinski definition) is 2. The predicted octanol–water partition coefficient (Wildman–Crippen LogP) is 4.41. The monoisotopic (exact) mass is 331 g/mol. The molecule has 25 heavy (non-hydrogen) atoms. The maximum absolute atomic E-state index is 9.27. The van der Waals surface area contributed by atoms with E-state index in [1.165, 1.54) is 24.8 Å². The zero-order valence-corrected chi connectivity index (χ0v) is 14.5. The van der Waals surface area contributed by atoms with Crippen molar-refractivity contribution >= 4 is 16.9 Å². The number of H-pyrrole nitrogens is 1. The molecule has 4 rings (SSSR count). The molecule has 0 radical (unpaired) electrons. The number of benzene rings is 1. The van der Waals surface area contributed by atoms with Gasteiger partial charge in [0, 0.05) is 11.7 Å². The number of aromatic nitrogens is 3. The molecule has 1 aliphatic carbocycles. The summed E-state index contributed by atoms with van der Waals surface area (Å²) < 4.78 is 0. The van der Waals surface area contributed by atoms with E-state index in [0.717, 1.165) is 28.1 Å². The van der Waals surface area contributed by atoms with E-state index < -0.39 is 0 Å². The molecule has 0 saturated heterocycles. The molecule has 1 fully saturated rings. The Balaban J connectivity index is 1.77. The van der Waals surface area contributed by atoms with Gasteiger partial charge < -0.3 is 10.3 Å². The first-order chi connectivity index (χ1) is 12.1. The Labute approximate surface area is 147 Å². The number of nitriles is 1. The van der Waals surface area contributed by atoms with Crippen LogP contribution in [-0.2, 0) is 0 Å². The third-order valence-corrected chi connectivity index (χ3v) is 5.13. The summed E-state index contributed by atoms with van der Waals surface area (Å²) in [5, 5.41) is 12.8. The number of nitrogens with zero attached hydrogens (tertiary/aromatic N) is 3. The molecule has 0 amide bonds. The van der Waals surface area contributed by atoms with Crippen molar-refractivity contribution in [2.45, 2.75) is 39.2 Å². The number of aromatic amines is 1. The fourth-order valence-electron chi connectivity index (χ4n) is 3.41. The topological polar surface area (TPSA) is 77.4 Å². The Hall–Kier alpha value is -2.87. The van der Waals surface area contributed by atoms with Crippen molar-refractivity contribution in [3.63, 3.8) is 0 Å². The van der Waals surface area contributed by atoms with Gasteiger partial charge >= 0.3 is 0 Å². The van der Waals surface area contributed by atoms with Crippen LogP contribution in [-0.4, -0.2) is 21.0 Å². The highest BCUT2D eigenvalue weighted by Crippen LogP contribution is 2.33. The summed E-state index contributed by atoms with van der Waals surface area (Å²) in [6, 6.07) is 12.7. The summed E-state index contributed by atoms with van der Waals surface area (Å²) in [5.74, 6) is 1.60. The number of anilines is 1. The highest BCUT2D eigenvalue weighted by atomic mass is 15.1. The maximum atomic E-state index is 9.27. The second kappa shape index (κ2) is 6.21. The van der Waals surface area contributed by atoms with Crippen molar-refractivity contribution in [3.05, 3.63) is 41.7 Å². The Morgan fingerprint density at radius 2 is 2.12 bits per heavy atom. The molecule has 5 nitrogen and oxygen atoms in total. The van der Waals surface area contributed by atoms with Crippen LogP contribution >= 0.6 is 0 Å². The average Bonchev–Trinajstić information content (AvgIpc) is 2.97. The fraction of sp³-hybridized carbons (Fsp3) is 0.350. The van der Waals surface area contributed by atoms with E-state index in [0.29, 0.717) is 12.0 Å². The third kappa shape index (κ3) is 2.96. The smallest absolute Gasteiger partial charge is 0.234 e. The van der Waals surface area contributed by atoms with Gasteiger partial charge in [0.05, 0.1) is 5.52 Å². The Morgan fingerprint density at radius 3 is 2.80 bits per heavy atom. The number of fused-ring (bicyclic) bond motifs is 1. The van der Waals surface area contributed by atoms with Crippen LogP contribution in [0.15, 0.2) is 30.3 Å². The van der Waals surface area contributed by atoms with Crippen LogP contribution in [0.25, 0.3) is 22.3 Å². The highest BCUT2D eigenvalue weighted by Gasteiger charge is 2.25. The van der Waals surface area contributed by atoms with Gasteiger partial charge in [-0.15, -0.1) is 0 Å². The lowest BCUT2D eigenvalue weighted by molar-refractivity contribution is 0.285. The lowest BCUT2D eigenvalue weighted by Gasteiger charge is -2.32. The lowest BCUT2D eigenvalue weighted by Crippen LogP contribution is -2.31. The van der Waals surface area contributed by atoms with Crippen LogP contribution in [0.5, 0.6) is 0 Å². The molecule has 126 valence electrons. The summed E-state index contributed by atoms with van der Waals surface area (Å²) in [7, 11) is 0. The summed E-state index contributed by atoms with van der Waals surface area (Å²) in [6.07, 6.45) is 3.82. The van der Waals surface area contributed by atoms with Gasteiger partial charge in [0.15, 0.2) is 5.82 Å². The minimum absolute atomic E-state index is 0.200. The maximum Gasteiger partial charge on any atom is 0.234 e. The molecule has 5 heteroatoms. The second-order valence-electron chi connectivity index (χ2n) is 6.94. The van der Waals surface area contributed by atoms with E-state index in [4.69, 9.17) is 0 Å². The Bertz CT molecular complexity index is 962. The summed E-state index contributed by atoms with van der Waals surface area (Å²) >= 11 is 0. The molecule has 1 unspecified atom stereocenters. The van der Waals surface area contributed by atoms with Crippen LogP contribution in [0, 0.1) is 24.2 Å². The minimum Gasteiger partial charge on any atom is -0.365 e. The van der Waals surface area contributed by atoms with E-state index in [2.05, 4.69) is 58.4 Å². The predicted molar refractivity (Wildman–Crippen MR) is 99.2 cm³/mol. The normalized spacial score (nSPS) is 15.6. The Morgan fingerprint density at radius 1 is 1.28 bits per heavy atom. The van der Waals surface area contributed by atoms with E-state index in [9.17, 15) is 5.26 Å². The molecule has 0 aliphatic heterocycles. The van der Waals surface area contributed by atoms with Crippen LogP contribution in [0.2, 0.25) is 0 Å². The number of nitrogens with one attached hydrogen (secondary N) is 2. The van der Waals surface area contributed by atoms with Crippen molar-refractivity contribution in [1.82, 2.24) is 15.0 Å². The number of aryl methyl sites for hydroxylation is 1. The first-order valence-electron chi connectivity index (χ1n) is 8.78. The molecule has 1 aromatic carbocycles. The molecule has 2 aromatic heterocycles. The molecule has 0 bridgehead atoms. The number of hydrogen-bond acceptors (Lipinski definition) is 4. The molecule has 1 atom stereocenters. The Kier molecular flexibility index (Phi) is 3.89. The van der Waals surface area contributed by atoms with Crippen LogP contribution in [0.1, 0.15) is 37.6 Å². The first kappa shape index (κ1) is 15.6. The van der Waals surface area contributed by atoms with Gasteiger partial charge in [-0.3, -0.25) is 0 Å². The van der Waals surface area contributed by atoms with Crippen LogP contribution in [0.4, 0.5) is 5.82 Å². The minimum atomic E-state index is 0.200. The average molecular weight is 331 g/mol. The van der Waals surface area contributed by atoms with Crippen molar-refractivity contribution in [1.29, 1.82) is 5.26 Å². The second-order valence-corrected chi connectivity index (χ2v) is 6.94. The summed E-state index contributed by atoms with van der Waals surface area (Å²) in [4.78, 5) is 12.2.